The van der Waals surface area contributed by atoms with Crippen LogP contribution >= 0.6 is 0 Å². The molecule has 0 bridgehead atoms. The third kappa shape index (κ3) is 3.81. The molecule has 7 nitrogen and oxygen atoms in total. The van der Waals surface area contributed by atoms with Gasteiger partial charge >= 0.3 is 5.97 Å². The fraction of sp³-hybridized carbons (Fsp3) is 0.0833. The van der Waals surface area contributed by atoms with Crippen LogP contribution in [0, 0.1) is 0 Å². The number of rotatable bonds is 5. The minimum Gasteiger partial charge on any atom is -0.508 e. The van der Waals surface area contributed by atoms with Crippen LogP contribution in [0.5, 0.6) is 17.2 Å². The first-order valence-corrected chi connectivity index (χ1v) is 9.44. The fourth-order valence-corrected chi connectivity index (χ4v) is 3.66. The van der Waals surface area contributed by atoms with Gasteiger partial charge in [0.1, 0.15) is 34.0 Å². The van der Waals surface area contributed by atoms with Gasteiger partial charge in [0.15, 0.2) is 5.43 Å². The number of benzene rings is 3. The Labute approximate surface area is 176 Å². The summed E-state index contributed by atoms with van der Waals surface area (Å²) < 4.78 is 5.73. The lowest BCUT2D eigenvalue weighted by Crippen LogP contribution is -2.10. The van der Waals surface area contributed by atoms with E-state index in [2.05, 4.69) is 0 Å². The molecule has 0 aliphatic rings. The predicted molar refractivity (Wildman–Crippen MR) is 113 cm³/mol. The standard InChI is InChI=1S/C24H18O7/c25-15-8-6-14(7-9-15)19-11-18(27)23-20(31-19)12-17(26)22(24(23)30)16(10-21(28)29)13-4-2-1-3-5-13/h1-9,11-12,16,25-26,30H,10H2,(H,28,29). The maximum Gasteiger partial charge on any atom is 0.304 e. The van der Waals surface area contributed by atoms with Crippen molar-refractivity contribution < 1.29 is 29.6 Å². The van der Waals surface area contributed by atoms with E-state index in [1.54, 1.807) is 42.5 Å². The summed E-state index contributed by atoms with van der Waals surface area (Å²) >= 11 is 0. The van der Waals surface area contributed by atoms with Crippen LogP contribution in [0.15, 0.2) is 75.9 Å². The van der Waals surface area contributed by atoms with Crippen LogP contribution in [0.4, 0.5) is 0 Å². The number of carboxylic acids is 1. The van der Waals surface area contributed by atoms with Crippen LogP contribution in [-0.2, 0) is 4.79 Å². The third-order valence-corrected chi connectivity index (χ3v) is 5.09. The average Bonchev–Trinajstić information content (AvgIpc) is 2.73. The predicted octanol–water partition coefficient (Wildman–Crippen LogP) is 4.18. The van der Waals surface area contributed by atoms with Gasteiger partial charge in [-0.15, -0.1) is 0 Å². The molecular weight excluding hydrogens is 400 g/mol. The molecule has 1 aromatic heterocycles. The quantitative estimate of drug-likeness (QED) is 0.383. The van der Waals surface area contributed by atoms with Gasteiger partial charge in [-0.05, 0) is 29.8 Å². The first kappa shape index (κ1) is 20.0. The van der Waals surface area contributed by atoms with E-state index in [1.807, 2.05) is 0 Å². The Balaban J connectivity index is 1.92. The van der Waals surface area contributed by atoms with E-state index < -0.39 is 29.5 Å². The number of aromatic hydroxyl groups is 3. The Morgan fingerprint density at radius 1 is 0.935 bits per heavy atom. The van der Waals surface area contributed by atoms with Crippen molar-refractivity contribution in [3.63, 3.8) is 0 Å². The van der Waals surface area contributed by atoms with Crippen LogP contribution < -0.4 is 5.43 Å². The maximum atomic E-state index is 12.8. The molecule has 4 N–H and O–H groups in total. The molecule has 0 aliphatic carbocycles. The molecular formula is C24H18O7. The second-order valence-corrected chi connectivity index (χ2v) is 7.11. The van der Waals surface area contributed by atoms with Gasteiger partial charge in [0.25, 0.3) is 0 Å². The molecule has 31 heavy (non-hydrogen) atoms. The normalized spacial score (nSPS) is 12.0. The van der Waals surface area contributed by atoms with Crippen molar-refractivity contribution in [2.24, 2.45) is 0 Å². The highest BCUT2D eigenvalue weighted by Gasteiger charge is 2.27. The van der Waals surface area contributed by atoms with E-state index in [4.69, 9.17) is 4.42 Å². The highest BCUT2D eigenvalue weighted by Crippen LogP contribution is 2.43. The van der Waals surface area contributed by atoms with Gasteiger partial charge in [-0.1, -0.05) is 30.3 Å². The molecule has 4 aromatic rings. The number of phenols is 3. The van der Waals surface area contributed by atoms with Gasteiger partial charge < -0.3 is 24.8 Å². The van der Waals surface area contributed by atoms with Crippen molar-refractivity contribution in [3.8, 4) is 28.6 Å². The first-order valence-electron chi connectivity index (χ1n) is 9.44. The second kappa shape index (κ2) is 7.87. The third-order valence-electron chi connectivity index (χ3n) is 5.09. The molecule has 0 spiro atoms. The number of fused-ring (bicyclic) bond motifs is 1. The number of aliphatic carboxylic acids is 1. The van der Waals surface area contributed by atoms with E-state index in [-0.39, 0.29) is 33.8 Å². The van der Waals surface area contributed by atoms with Crippen molar-refractivity contribution in [2.45, 2.75) is 12.3 Å². The minimum absolute atomic E-state index is 0.0449. The molecule has 7 heteroatoms. The van der Waals surface area contributed by atoms with E-state index in [1.165, 1.54) is 24.3 Å². The minimum atomic E-state index is -1.12. The van der Waals surface area contributed by atoms with Crippen LogP contribution in [-0.4, -0.2) is 26.4 Å². The molecule has 1 atom stereocenters. The first-order chi connectivity index (χ1) is 14.8. The number of phenolic OH excluding ortho intramolecular Hbond substituents is 3. The summed E-state index contributed by atoms with van der Waals surface area (Å²) in [4.78, 5) is 24.3. The molecule has 0 fully saturated rings. The molecule has 1 unspecified atom stereocenters. The summed E-state index contributed by atoms with van der Waals surface area (Å²) in [6.07, 6.45) is -0.395. The Kier molecular flexibility index (Phi) is 5.09. The lowest BCUT2D eigenvalue weighted by Gasteiger charge is -2.19. The number of carboxylic acid groups (broad SMARTS) is 1. The fourth-order valence-electron chi connectivity index (χ4n) is 3.66. The summed E-state index contributed by atoms with van der Waals surface area (Å²) in [6.45, 7) is 0. The zero-order valence-corrected chi connectivity index (χ0v) is 16.1. The molecule has 0 saturated carbocycles. The molecule has 1 heterocycles. The highest BCUT2D eigenvalue weighted by molar-refractivity contribution is 5.89. The van der Waals surface area contributed by atoms with Crippen LogP contribution in [0.2, 0.25) is 0 Å². The van der Waals surface area contributed by atoms with Crippen LogP contribution in [0.1, 0.15) is 23.5 Å². The highest BCUT2D eigenvalue weighted by atomic mass is 16.4. The topological polar surface area (TPSA) is 128 Å². The maximum absolute atomic E-state index is 12.8. The Morgan fingerprint density at radius 3 is 2.26 bits per heavy atom. The van der Waals surface area contributed by atoms with Gasteiger partial charge in [-0.25, -0.2) is 0 Å². The van der Waals surface area contributed by atoms with Crippen molar-refractivity contribution in [1.82, 2.24) is 0 Å². The molecule has 0 aliphatic heterocycles. The summed E-state index contributed by atoms with van der Waals surface area (Å²) in [6, 6.07) is 17.0. The number of hydrogen-bond donors (Lipinski definition) is 4. The smallest absolute Gasteiger partial charge is 0.304 e. The molecule has 0 saturated heterocycles. The van der Waals surface area contributed by atoms with Crippen molar-refractivity contribution in [3.05, 3.63) is 88.1 Å². The van der Waals surface area contributed by atoms with Gasteiger partial charge in [0.2, 0.25) is 0 Å². The lowest BCUT2D eigenvalue weighted by atomic mass is 9.86. The summed E-state index contributed by atoms with van der Waals surface area (Å²) in [5.74, 6) is -2.66. The van der Waals surface area contributed by atoms with E-state index in [0.717, 1.165) is 0 Å². The summed E-state index contributed by atoms with van der Waals surface area (Å²) in [5, 5.41) is 40.2. The summed E-state index contributed by atoms with van der Waals surface area (Å²) in [5.41, 5.74) is 0.445. The zero-order chi connectivity index (χ0) is 22.1. The average molecular weight is 418 g/mol. The zero-order valence-electron chi connectivity index (χ0n) is 16.1. The van der Waals surface area contributed by atoms with Gasteiger partial charge in [-0.3, -0.25) is 9.59 Å². The van der Waals surface area contributed by atoms with Crippen molar-refractivity contribution in [2.75, 3.05) is 0 Å². The van der Waals surface area contributed by atoms with Gasteiger partial charge in [0.05, 0.1) is 6.42 Å². The Hall–Kier alpha value is -4.26. The van der Waals surface area contributed by atoms with Crippen molar-refractivity contribution >= 4 is 16.9 Å². The monoisotopic (exact) mass is 418 g/mol. The molecule has 156 valence electrons. The van der Waals surface area contributed by atoms with Crippen LogP contribution in [0.25, 0.3) is 22.3 Å². The lowest BCUT2D eigenvalue weighted by molar-refractivity contribution is -0.137. The molecule has 3 aromatic carbocycles. The molecule has 0 amide bonds. The number of hydrogen-bond acceptors (Lipinski definition) is 6. The Morgan fingerprint density at radius 2 is 1.61 bits per heavy atom. The van der Waals surface area contributed by atoms with E-state index in [9.17, 15) is 30.0 Å². The number of carbonyl (C=O) groups is 1. The van der Waals surface area contributed by atoms with Crippen molar-refractivity contribution in [1.29, 1.82) is 0 Å². The van der Waals surface area contributed by atoms with Crippen LogP contribution in [0.3, 0.4) is 0 Å². The van der Waals surface area contributed by atoms with Gasteiger partial charge in [0, 0.05) is 29.2 Å². The second-order valence-electron chi connectivity index (χ2n) is 7.11. The molecule has 4 rings (SSSR count). The van der Waals surface area contributed by atoms with E-state index >= 15 is 0 Å². The molecule has 0 radical (unpaired) electrons. The largest absolute Gasteiger partial charge is 0.508 e. The van der Waals surface area contributed by atoms with Gasteiger partial charge in [-0.2, -0.15) is 0 Å². The summed E-state index contributed by atoms with van der Waals surface area (Å²) in [7, 11) is 0. The Bertz CT molecular complexity index is 1320. The SMILES string of the molecule is O=C(O)CC(c1ccccc1)c1c(O)cc2oc(-c3ccc(O)cc3)cc(=O)c2c1O. The van der Waals surface area contributed by atoms with E-state index in [0.29, 0.717) is 11.1 Å².